The van der Waals surface area contributed by atoms with Crippen LogP contribution in [0.3, 0.4) is 0 Å². The van der Waals surface area contributed by atoms with Crippen molar-refractivity contribution in [2.24, 2.45) is 0 Å². The van der Waals surface area contributed by atoms with E-state index in [-0.39, 0.29) is 0 Å². The molecule has 0 atom stereocenters. The molecule has 0 unspecified atom stereocenters. The third-order valence-corrected chi connectivity index (χ3v) is 2.47. The number of benzene rings is 1. The number of hydrogen-bond donors (Lipinski definition) is 1. The van der Waals surface area contributed by atoms with Gasteiger partial charge in [-0.1, -0.05) is 41.4 Å². The van der Waals surface area contributed by atoms with Crippen molar-refractivity contribution in [1.29, 1.82) is 0 Å². The lowest BCUT2D eigenvalue weighted by Crippen LogP contribution is -1.91. The van der Waals surface area contributed by atoms with Crippen molar-refractivity contribution in [3.8, 4) is 11.1 Å². The fourth-order valence-corrected chi connectivity index (χ4v) is 1.58. The highest BCUT2D eigenvalue weighted by Crippen LogP contribution is 2.26. The van der Waals surface area contributed by atoms with Gasteiger partial charge >= 0.3 is 0 Å². The number of rotatable bonds is 1. The van der Waals surface area contributed by atoms with E-state index >= 15 is 0 Å². The van der Waals surface area contributed by atoms with E-state index in [2.05, 4.69) is 4.98 Å². The third-order valence-electron chi connectivity index (χ3n) is 2.27. The SMILES string of the molecule is Cc1ccc(-c2cnc(Cl)cc2N)cc1. The molecule has 0 saturated carbocycles. The molecule has 0 amide bonds. The molecule has 2 aromatic rings. The summed E-state index contributed by atoms with van der Waals surface area (Å²) in [5.41, 5.74) is 9.71. The molecular weight excluding hydrogens is 208 g/mol. The second kappa shape index (κ2) is 3.91. The minimum atomic E-state index is 0.420. The van der Waals surface area contributed by atoms with Gasteiger partial charge in [0.15, 0.2) is 0 Å². The Bertz CT molecular complexity index is 477. The normalized spacial score (nSPS) is 10.3. The number of anilines is 1. The first-order chi connectivity index (χ1) is 7.16. The number of halogens is 1. The van der Waals surface area contributed by atoms with Crippen LogP contribution < -0.4 is 5.73 Å². The molecule has 0 aliphatic heterocycles. The molecule has 0 bridgehead atoms. The van der Waals surface area contributed by atoms with Crippen molar-refractivity contribution in [3.05, 3.63) is 47.2 Å². The molecule has 2 rings (SSSR count). The zero-order valence-electron chi connectivity index (χ0n) is 8.37. The number of pyridine rings is 1. The standard InChI is InChI=1S/C12H11ClN2/c1-8-2-4-9(5-3-8)10-7-15-12(13)6-11(10)14/h2-7H,1H3,(H2,14,15). The van der Waals surface area contributed by atoms with Crippen molar-refractivity contribution >= 4 is 17.3 Å². The highest BCUT2D eigenvalue weighted by Gasteiger charge is 2.03. The van der Waals surface area contributed by atoms with Gasteiger partial charge in [-0.25, -0.2) is 4.98 Å². The van der Waals surface area contributed by atoms with E-state index in [1.54, 1.807) is 12.3 Å². The van der Waals surface area contributed by atoms with Crippen molar-refractivity contribution < 1.29 is 0 Å². The molecule has 0 radical (unpaired) electrons. The van der Waals surface area contributed by atoms with E-state index in [0.717, 1.165) is 11.1 Å². The lowest BCUT2D eigenvalue weighted by molar-refractivity contribution is 1.33. The van der Waals surface area contributed by atoms with Crippen molar-refractivity contribution in [2.45, 2.75) is 6.92 Å². The van der Waals surface area contributed by atoms with Crippen LogP contribution >= 0.6 is 11.6 Å². The van der Waals surface area contributed by atoms with Gasteiger partial charge in [0.25, 0.3) is 0 Å². The summed E-state index contributed by atoms with van der Waals surface area (Å²) >= 11 is 5.74. The molecule has 0 saturated heterocycles. The highest BCUT2D eigenvalue weighted by atomic mass is 35.5. The second-order valence-corrected chi connectivity index (χ2v) is 3.85. The van der Waals surface area contributed by atoms with Gasteiger partial charge < -0.3 is 5.73 Å². The third kappa shape index (κ3) is 2.10. The van der Waals surface area contributed by atoms with Gasteiger partial charge in [0.2, 0.25) is 0 Å². The van der Waals surface area contributed by atoms with Crippen LogP contribution in [0.2, 0.25) is 5.15 Å². The summed E-state index contributed by atoms with van der Waals surface area (Å²) in [7, 11) is 0. The van der Waals surface area contributed by atoms with Gasteiger partial charge in [0.1, 0.15) is 5.15 Å². The lowest BCUT2D eigenvalue weighted by atomic mass is 10.0. The largest absolute Gasteiger partial charge is 0.398 e. The monoisotopic (exact) mass is 218 g/mol. The van der Waals surface area contributed by atoms with Crippen molar-refractivity contribution in [1.82, 2.24) is 4.98 Å². The van der Waals surface area contributed by atoms with Crippen molar-refractivity contribution in [3.63, 3.8) is 0 Å². The molecule has 2 nitrogen and oxygen atoms in total. The number of nitrogens with two attached hydrogens (primary N) is 1. The summed E-state index contributed by atoms with van der Waals surface area (Å²) in [6.45, 7) is 2.05. The van der Waals surface area contributed by atoms with Crippen LogP contribution in [0.4, 0.5) is 5.69 Å². The van der Waals surface area contributed by atoms with Crippen LogP contribution in [0.25, 0.3) is 11.1 Å². The van der Waals surface area contributed by atoms with E-state index in [0.29, 0.717) is 10.8 Å². The summed E-state index contributed by atoms with van der Waals surface area (Å²) in [5, 5.41) is 0.420. The van der Waals surface area contributed by atoms with Crippen LogP contribution in [0, 0.1) is 6.92 Å². The molecule has 0 aliphatic rings. The van der Waals surface area contributed by atoms with Crippen LogP contribution in [0.15, 0.2) is 36.5 Å². The highest BCUT2D eigenvalue weighted by molar-refractivity contribution is 6.29. The van der Waals surface area contributed by atoms with E-state index in [9.17, 15) is 0 Å². The zero-order chi connectivity index (χ0) is 10.8. The number of aromatic nitrogens is 1. The smallest absolute Gasteiger partial charge is 0.131 e. The summed E-state index contributed by atoms with van der Waals surface area (Å²) in [5.74, 6) is 0. The van der Waals surface area contributed by atoms with Crippen LogP contribution in [0.5, 0.6) is 0 Å². The molecule has 0 aliphatic carbocycles. The van der Waals surface area contributed by atoms with E-state index in [4.69, 9.17) is 17.3 Å². The minimum Gasteiger partial charge on any atom is -0.398 e. The number of nitrogens with zero attached hydrogens (tertiary/aromatic N) is 1. The maximum absolute atomic E-state index is 5.87. The lowest BCUT2D eigenvalue weighted by Gasteiger charge is -2.05. The molecule has 15 heavy (non-hydrogen) atoms. The molecule has 3 heteroatoms. The van der Waals surface area contributed by atoms with Crippen LogP contribution in [-0.4, -0.2) is 4.98 Å². The Labute approximate surface area is 93.7 Å². The molecule has 0 spiro atoms. The second-order valence-electron chi connectivity index (χ2n) is 3.46. The van der Waals surface area contributed by atoms with Gasteiger partial charge in [-0.15, -0.1) is 0 Å². The average molecular weight is 219 g/mol. The number of hydrogen-bond acceptors (Lipinski definition) is 2. The fourth-order valence-electron chi connectivity index (χ4n) is 1.42. The average Bonchev–Trinajstić information content (AvgIpc) is 2.20. The van der Waals surface area contributed by atoms with E-state index < -0.39 is 0 Å². The zero-order valence-corrected chi connectivity index (χ0v) is 9.12. The number of aryl methyl sites for hydroxylation is 1. The van der Waals surface area contributed by atoms with Gasteiger partial charge in [-0.3, -0.25) is 0 Å². The Hall–Kier alpha value is -1.54. The first-order valence-electron chi connectivity index (χ1n) is 4.65. The van der Waals surface area contributed by atoms with Gasteiger partial charge in [-0.05, 0) is 18.6 Å². The van der Waals surface area contributed by atoms with Gasteiger partial charge in [0.05, 0.1) is 0 Å². The Morgan fingerprint density at radius 3 is 2.47 bits per heavy atom. The minimum absolute atomic E-state index is 0.420. The molecule has 1 heterocycles. The summed E-state index contributed by atoms with van der Waals surface area (Å²) in [6, 6.07) is 9.80. The summed E-state index contributed by atoms with van der Waals surface area (Å²) in [6.07, 6.45) is 1.70. The molecule has 0 fully saturated rings. The van der Waals surface area contributed by atoms with E-state index in [1.165, 1.54) is 5.56 Å². The Morgan fingerprint density at radius 1 is 1.20 bits per heavy atom. The quantitative estimate of drug-likeness (QED) is 0.746. The predicted octanol–water partition coefficient (Wildman–Crippen LogP) is 3.29. The Kier molecular flexibility index (Phi) is 2.60. The fraction of sp³-hybridized carbons (Fsp3) is 0.0833. The first-order valence-corrected chi connectivity index (χ1v) is 5.02. The van der Waals surface area contributed by atoms with Gasteiger partial charge in [-0.2, -0.15) is 0 Å². The predicted molar refractivity (Wildman–Crippen MR) is 63.8 cm³/mol. The summed E-state index contributed by atoms with van der Waals surface area (Å²) < 4.78 is 0. The van der Waals surface area contributed by atoms with Crippen LogP contribution in [-0.2, 0) is 0 Å². The van der Waals surface area contributed by atoms with E-state index in [1.807, 2.05) is 31.2 Å². The molecule has 2 N–H and O–H groups in total. The topological polar surface area (TPSA) is 38.9 Å². The maximum Gasteiger partial charge on any atom is 0.131 e. The Balaban J connectivity index is 2.49. The van der Waals surface area contributed by atoms with Gasteiger partial charge in [0, 0.05) is 17.4 Å². The molecule has 76 valence electrons. The molecule has 1 aromatic heterocycles. The first kappa shape index (κ1) is 9.99. The Morgan fingerprint density at radius 2 is 1.87 bits per heavy atom. The number of nitrogen functional groups attached to an aromatic ring is 1. The molecular formula is C12H11ClN2. The van der Waals surface area contributed by atoms with Crippen molar-refractivity contribution in [2.75, 3.05) is 5.73 Å². The summed E-state index contributed by atoms with van der Waals surface area (Å²) in [4.78, 5) is 4.02. The maximum atomic E-state index is 5.87. The molecule has 1 aromatic carbocycles. The van der Waals surface area contributed by atoms with Crippen LogP contribution in [0.1, 0.15) is 5.56 Å².